The summed E-state index contributed by atoms with van der Waals surface area (Å²) in [5.74, 6) is -7.74. The molecule has 5 atom stereocenters. The number of amides is 8. The number of likely N-dealkylation sites (N-methyl/N-ethyl adjacent to an activating group) is 1. The van der Waals surface area contributed by atoms with Gasteiger partial charge in [0.15, 0.2) is 5.96 Å². The van der Waals surface area contributed by atoms with Crippen molar-refractivity contribution in [3.8, 4) is 5.75 Å². The number of aliphatic imine (C=N–C) groups is 1. The van der Waals surface area contributed by atoms with Gasteiger partial charge in [0.25, 0.3) is 5.91 Å². The van der Waals surface area contributed by atoms with Crippen molar-refractivity contribution in [3.63, 3.8) is 0 Å². The van der Waals surface area contributed by atoms with E-state index in [1.807, 2.05) is 0 Å². The number of thiol groups is 1. The summed E-state index contributed by atoms with van der Waals surface area (Å²) in [5, 5.41) is 19.2. The number of carbonyl (C=O) groups is 8. The van der Waals surface area contributed by atoms with Gasteiger partial charge in [0, 0.05) is 32.7 Å². The van der Waals surface area contributed by atoms with Gasteiger partial charge in [0.05, 0.1) is 18.9 Å². The molecule has 15 N–H and O–H groups in total. The number of rotatable bonds is 20. The third-order valence-corrected chi connectivity index (χ3v) is 7.25. The molecule has 8 amide bonds. The molecule has 0 aliphatic rings. The van der Waals surface area contributed by atoms with Gasteiger partial charge in [-0.2, -0.15) is 12.6 Å². The number of hydrogen-bond donors (Lipinski definition) is 11. The average Bonchev–Trinajstić information content (AvgIpc) is 3.03. The van der Waals surface area contributed by atoms with Crippen LogP contribution < -0.4 is 49.9 Å². The predicted octanol–water partition coefficient (Wildman–Crippen LogP) is -5.06. The zero-order chi connectivity index (χ0) is 38.1. The van der Waals surface area contributed by atoms with E-state index in [1.54, 1.807) is 0 Å². The normalized spacial score (nSPS) is 13.6. The fraction of sp³-hybridized carbons (Fsp3) is 0.483. The summed E-state index contributed by atoms with van der Waals surface area (Å²) in [6.45, 7) is 1.30. The third kappa shape index (κ3) is 15.2. The molecule has 1 aromatic carbocycles. The lowest BCUT2D eigenvalue weighted by Crippen LogP contribution is -2.60. The van der Waals surface area contributed by atoms with Gasteiger partial charge in [-0.1, -0.05) is 12.1 Å². The van der Waals surface area contributed by atoms with Crippen molar-refractivity contribution in [1.29, 1.82) is 0 Å². The Morgan fingerprint density at radius 2 is 1.30 bits per heavy atom. The second-order valence-electron chi connectivity index (χ2n) is 11.1. The minimum absolute atomic E-state index is 0.0512. The maximum atomic E-state index is 13.4. The van der Waals surface area contributed by atoms with E-state index in [2.05, 4.69) is 38.9 Å². The van der Waals surface area contributed by atoms with E-state index in [0.29, 0.717) is 10.5 Å². The molecule has 0 radical (unpaired) electrons. The van der Waals surface area contributed by atoms with Gasteiger partial charge in [-0.25, -0.2) is 0 Å². The fourth-order valence-electron chi connectivity index (χ4n) is 4.40. The molecule has 1 aromatic rings. The SMILES string of the molecule is CC(=O)N[C@@H](CCCN=C(N)N)C(=O)N[C@@H](CC(N)=O)C(=O)N[C@@H](CS)C(=O)N[C@@H](Cc1ccc(O)cc1)C(=O)N(C)C(=O)[C@@H](N)CC(N)=O. The summed E-state index contributed by atoms with van der Waals surface area (Å²) < 4.78 is 0. The van der Waals surface area contributed by atoms with E-state index in [-0.39, 0.29) is 43.3 Å². The first-order valence-electron chi connectivity index (χ1n) is 15.1. The van der Waals surface area contributed by atoms with Gasteiger partial charge in [-0.05, 0) is 30.5 Å². The van der Waals surface area contributed by atoms with Crippen LogP contribution in [0.3, 0.4) is 0 Å². The molecule has 0 aliphatic heterocycles. The highest BCUT2D eigenvalue weighted by molar-refractivity contribution is 7.80. The van der Waals surface area contributed by atoms with Crippen LogP contribution in [0.1, 0.15) is 38.2 Å². The zero-order valence-corrected chi connectivity index (χ0v) is 28.5. The monoisotopic (exact) mass is 723 g/mol. The van der Waals surface area contributed by atoms with Crippen molar-refractivity contribution in [2.45, 2.75) is 69.2 Å². The van der Waals surface area contributed by atoms with Crippen molar-refractivity contribution in [3.05, 3.63) is 29.8 Å². The molecule has 0 aliphatic carbocycles. The largest absolute Gasteiger partial charge is 0.508 e. The average molecular weight is 724 g/mol. The summed E-state index contributed by atoms with van der Waals surface area (Å²) in [6.07, 6.45) is -1.14. The number of benzene rings is 1. The summed E-state index contributed by atoms with van der Waals surface area (Å²) in [6, 6.07) is -1.51. The number of nitrogens with one attached hydrogen (secondary N) is 4. The van der Waals surface area contributed by atoms with E-state index in [0.717, 1.165) is 7.05 Å². The van der Waals surface area contributed by atoms with Gasteiger partial charge in [0.1, 0.15) is 29.9 Å². The third-order valence-electron chi connectivity index (χ3n) is 6.88. The van der Waals surface area contributed by atoms with Crippen molar-refractivity contribution >= 4 is 65.8 Å². The number of imide groups is 1. The van der Waals surface area contributed by atoms with Crippen LogP contribution in [0.15, 0.2) is 29.3 Å². The number of carbonyl (C=O) groups excluding carboxylic acids is 8. The highest BCUT2D eigenvalue weighted by Crippen LogP contribution is 2.13. The molecule has 0 bridgehead atoms. The smallest absolute Gasteiger partial charge is 0.251 e. The molecule has 0 heterocycles. The number of nitrogens with zero attached hydrogens (tertiary/aromatic N) is 2. The lowest BCUT2D eigenvalue weighted by Gasteiger charge is -2.27. The van der Waals surface area contributed by atoms with Crippen molar-refractivity contribution in [2.75, 3.05) is 19.3 Å². The number of primary amides is 2. The Kier molecular flexibility index (Phi) is 17.7. The van der Waals surface area contributed by atoms with E-state index in [1.165, 1.54) is 31.2 Å². The summed E-state index contributed by atoms with van der Waals surface area (Å²) >= 11 is 4.12. The lowest BCUT2D eigenvalue weighted by molar-refractivity contribution is -0.147. The van der Waals surface area contributed by atoms with E-state index in [9.17, 15) is 43.5 Å². The van der Waals surface area contributed by atoms with Gasteiger partial charge < -0.3 is 55.0 Å². The Labute approximate surface area is 293 Å². The van der Waals surface area contributed by atoms with Gasteiger partial charge >= 0.3 is 0 Å². The van der Waals surface area contributed by atoms with Crippen LogP contribution in [0.2, 0.25) is 0 Å². The van der Waals surface area contributed by atoms with Crippen molar-refractivity contribution in [2.24, 2.45) is 33.7 Å². The number of phenolic OH excluding ortho intramolecular Hbond substituents is 1. The van der Waals surface area contributed by atoms with Crippen LogP contribution in [0.5, 0.6) is 5.75 Å². The molecular formula is C29H45N11O9S. The van der Waals surface area contributed by atoms with Gasteiger partial charge in [0.2, 0.25) is 41.4 Å². The Bertz CT molecular complexity index is 1440. The van der Waals surface area contributed by atoms with Crippen LogP contribution in [0.25, 0.3) is 0 Å². The first-order chi connectivity index (χ1) is 23.4. The Morgan fingerprint density at radius 1 is 0.780 bits per heavy atom. The molecule has 21 heteroatoms. The molecule has 0 fully saturated rings. The molecule has 0 spiro atoms. The second-order valence-corrected chi connectivity index (χ2v) is 11.5. The molecule has 0 unspecified atom stereocenters. The van der Waals surface area contributed by atoms with Gasteiger partial charge in [-0.3, -0.25) is 48.2 Å². The minimum Gasteiger partial charge on any atom is -0.508 e. The Balaban J connectivity index is 3.22. The second kappa shape index (κ2) is 20.8. The molecule has 1 rings (SSSR count). The molecule has 20 nitrogen and oxygen atoms in total. The van der Waals surface area contributed by atoms with Crippen molar-refractivity contribution in [1.82, 2.24) is 26.2 Å². The maximum absolute atomic E-state index is 13.4. The quantitative estimate of drug-likeness (QED) is 0.0261. The molecular weight excluding hydrogens is 678 g/mol. The van der Waals surface area contributed by atoms with Crippen LogP contribution >= 0.6 is 12.6 Å². The van der Waals surface area contributed by atoms with Crippen LogP contribution in [-0.4, -0.2) is 113 Å². The number of phenols is 1. The minimum atomic E-state index is -1.60. The summed E-state index contributed by atoms with van der Waals surface area (Å²) in [7, 11) is 1.09. The molecule has 0 aromatic heterocycles. The first kappa shape index (κ1) is 42.6. The number of guanidine groups is 1. The highest BCUT2D eigenvalue weighted by Gasteiger charge is 2.34. The number of aromatic hydroxyl groups is 1. The van der Waals surface area contributed by atoms with E-state index >= 15 is 0 Å². The zero-order valence-electron chi connectivity index (χ0n) is 27.6. The Morgan fingerprint density at radius 3 is 1.82 bits per heavy atom. The van der Waals surface area contributed by atoms with Crippen LogP contribution in [0, 0.1) is 0 Å². The fourth-order valence-corrected chi connectivity index (χ4v) is 4.66. The predicted molar refractivity (Wildman–Crippen MR) is 182 cm³/mol. The summed E-state index contributed by atoms with van der Waals surface area (Å²) in [4.78, 5) is 105. The van der Waals surface area contributed by atoms with Crippen LogP contribution in [-0.2, 0) is 44.8 Å². The van der Waals surface area contributed by atoms with Crippen LogP contribution in [0.4, 0.5) is 0 Å². The highest BCUT2D eigenvalue weighted by atomic mass is 32.1. The van der Waals surface area contributed by atoms with E-state index in [4.69, 9.17) is 28.7 Å². The van der Waals surface area contributed by atoms with Crippen molar-refractivity contribution < 1.29 is 43.5 Å². The molecule has 50 heavy (non-hydrogen) atoms. The van der Waals surface area contributed by atoms with Gasteiger partial charge in [-0.15, -0.1) is 0 Å². The standard InChI is InChI=1S/C29H45N11O9S/c1-14(41)36-18(4-3-9-35-29(33)34)24(45)37-19(12-23(32)44)25(46)39-21(13-50)26(47)38-20(10-15-5-7-16(42)8-6-15)28(49)40(2)27(48)17(30)11-22(31)43/h5-8,17-21,42,50H,3-4,9-13,30H2,1-2H3,(H2,31,43)(H2,32,44)(H,36,41)(H,37,45)(H,38,47)(H,39,46)(H4,33,34,35)/t17-,18-,19-,20-,21-/m0/s1. The Hall–Kier alpha value is -5.44. The lowest BCUT2D eigenvalue weighted by atomic mass is 10.0. The number of hydrogen-bond acceptors (Lipinski definition) is 12. The summed E-state index contributed by atoms with van der Waals surface area (Å²) in [5.41, 5.74) is 27.2. The molecule has 0 saturated heterocycles. The topological polar surface area (TPSA) is 351 Å². The molecule has 0 saturated carbocycles. The maximum Gasteiger partial charge on any atom is 0.251 e. The molecule has 276 valence electrons. The number of nitrogens with two attached hydrogens (primary N) is 5. The van der Waals surface area contributed by atoms with E-state index < -0.39 is 90.3 Å². The first-order valence-corrected chi connectivity index (χ1v) is 15.7.